The molecule has 0 bridgehead atoms. The summed E-state index contributed by atoms with van der Waals surface area (Å²) in [6.45, 7) is 5.77. The van der Waals surface area contributed by atoms with Crippen LogP contribution in [0.4, 0.5) is 5.69 Å². The molecule has 3 heteroatoms. The monoisotopic (exact) mass is 227 g/mol. The van der Waals surface area contributed by atoms with Crippen LogP contribution in [0.25, 0.3) is 0 Å². The largest absolute Gasteiger partial charge is 0.383 e. The van der Waals surface area contributed by atoms with Gasteiger partial charge in [-0.1, -0.05) is 18.5 Å². The van der Waals surface area contributed by atoms with Crippen molar-refractivity contribution in [3.05, 3.63) is 29.3 Å². The maximum Gasteiger partial charge on any atom is 0.0642 e. The van der Waals surface area contributed by atoms with Crippen LogP contribution in [-0.2, 0) is 4.74 Å². The molecule has 0 aliphatic carbocycles. The summed E-state index contributed by atoms with van der Waals surface area (Å²) in [5, 5.41) is 4.03. The predicted octanol–water partition coefficient (Wildman–Crippen LogP) is 3.57. The van der Waals surface area contributed by atoms with Gasteiger partial charge in [0, 0.05) is 17.3 Å². The molecule has 0 radical (unpaired) electrons. The standard InChI is InChI=1S/C12H18ClNO/c1-3-10(2)15-9-8-14-12-6-4-11(13)5-7-12/h4-7,10,14H,3,8-9H2,1-2H3. The Morgan fingerprint density at radius 2 is 2.00 bits per heavy atom. The van der Waals surface area contributed by atoms with Crippen LogP contribution < -0.4 is 5.32 Å². The maximum atomic E-state index is 5.78. The van der Waals surface area contributed by atoms with Crippen molar-refractivity contribution in [2.75, 3.05) is 18.5 Å². The van der Waals surface area contributed by atoms with E-state index in [9.17, 15) is 0 Å². The molecule has 0 aliphatic heterocycles. The lowest BCUT2D eigenvalue weighted by atomic mass is 10.3. The van der Waals surface area contributed by atoms with E-state index in [4.69, 9.17) is 16.3 Å². The van der Waals surface area contributed by atoms with Crippen molar-refractivity contribution in [2.45, 2.75) is 26.4 Å². The van der Waals surface area contributed by atoms with E-state index in [1.807, 2.05) is 24.3 Å². The Kier molecular flexibility index (Phi) is 5.51. The summed E-state index contributed by atoms with van der Waals surface area (Å²) < 4.78 is 5.55. The molecule has 15 heavy (non-hydrogen) atoms. The number of benzene rings is 1. The molecule has 1 unspecified atom stereocenters. The zero-order valence-electron chi connectivity index (χ0n) is 9.29. The lowest BCUT2D eigenvalue weighted by Crippen LogP contribution is -2.14. The molecular formula is C12H18ClNO. The first-order valence-electron chi connectivity index (χ1n) is 5.33. The van der Waals surface area contributed by atoms with Gasteiger partial charge in [0.25, 0.3) is 0 Å². The molecule has 0 heterocycles. The zero-order valence-corrected chi connectivity index (χ0v) is 10.1. The highest BCUT2D eigenvalue weighted by Gasteiger charge is 1.97. The van der Waals surface area contributed by atoms with E-state index in [0.29, 0.717) is 6.10 Å². The molecule has 0 fully saturated rings. The number of rotatable bonds is 6. The summed E-state index contributed by atoms with van der Waals surface area (Å²) >= 11 is 5.78. The number of nitrogens with one attached hydrogen (secondary N) is 1. The number of halogens is 1. The Balaban J connectivity index is 2.17. The van der Waals surface area contributed by atoms with Crippen LogP contribution in [0.3, 0.4) is 0 Å². The van der Waals surface area contributed by atoms with Gasteiger partial charge in [0.05, 0.1) is 12.7 Å². The molecule has 0 spiro atoms. The SMILES string of the molecule is CCC(C)OCCNc1ccc(Cl)cc1. The highest BCUT2D eigenvalue weighted by Crippen LogP contribution is 2.12. The quantitative estimate of drug-likeness (QED) is 0.751. The normalized spacial score (nSPS) is 12.5. The molecule has 1 N–H and O–H groups in total. The van der Waals surface area contributed by atoms with Crippen molar-refractivity contribution in [2.24, 2.45) is 0 Å². The zero-order chi connectivity index (χ0) is 11.1. The van der Waals surface area contributed by atoms with Gasteiger partial charge in [0.15, 0.2) is 0 Å². The smallest absolute Gasteiger partial charge is 0.0642 e. The third kappa shape index (κ3) is 5.05. The van der Waals surface area contributed by atoms with Gasteiger partial charge < -0.3 is 10.1 Å². The topological polar surface area (TPSA) is 21.3 Å². The van der Waals surface area contributed by atoms with Gasteiger partial charge >= 0.3 is 0 Å². The second kappa shape index (κ2) is 6.70. The van der Waals surface area contributed by atoms with Crippen LogP contribution in [-0.4, -0.2) is 19.3 Å². The van der Waals surface area contributed by atoms with E-state index in [1.165, 1.54) is 0 Å². The third-order valence-corrected chi connectivity index (χ3v) is 2.50. The average molecular weight is 228 g/mol. The molecular weight excluding hydrogens is 210 g/mol. The minimum absolute atomic E-state index is 0.344. The fourth-order valence-electron chi connectivity index (χ4n) is 1.14. The van der Waals surface area contributed by atoms with Gasteiger partial charge in [-0.25, -0.2) is 0 Å². The van der Waals surface area contributed by atoms with E-state index in [1.54, 1.807) is 0 Å². The second-order valence-electron chi connectivity index (χ2n) is 3.52. The summed E-state index contributed by atoms with van der Waals surface area (Å²) in [7, 11) is 0. The fraction of sp³-hybridized carbons (Fsp3) is 0.500. The highest BCUT2D eigenvalue weighted by atomic mass is 35.5. The first-order valence-corrected chi connectivity index (χ1v) is 5.71. The maximum absolute atomic E-state index is 5.78. The van der Waals surface area contributed by atoms with E-state index in [0.717, 1.165) is 30.3 Å². The van der Waals surface area contributed by atoms with Crippen molar-refractivity contribution in [1.29, 1.82) is 0 Å². The lowest BCUT2D eigenvalue weighted by Gasteiger charge is -2.11. The van der Waals surface area contributed by atoms with Crippen LogP contribution >= 0.6 is 11.6 Å². The van der Waals surface area contributed by atoms with Crippen LogP contribution in [0.5, 0.6) is 0 Å². The molecule has 2 nitrogen and oxygen atoms in total. The van der Waals surface area contributed by atoms with Crippen molar-refractivity contribution in [3.63, 3.8) is 0 Å². The Morgan fingerprint density at radius 1 is 1.33 bits per heavy atom. The number of ether oxygens (including phenoxy) is 1. The minimum Gasteiger partial charge on any atom is -0.383 e. The van der Waals surface area contributed by atoms with Crippen molar-refractivity contribution in [3.8, 4) is 0 Å². The van der Waals surface area contributed by atoms with Crippen molar-refractivity contribution < 1.29 is 4.74 Å². The van der Waals surface area contributed by atoms with Gasteiger partial charge in [-0.2, -0.15) is 0 Å². The molecule has 0 saturated carbocycles. The van der Waals surface area contributed by atoms with Gasteiger partial charge in [-0.3, -0.25) is 0 Å². The molecule has 1 atom stereocenters. The Morgan fingerprint density at radius 3 is 2.60 bits per heavy atom. The van der Waals surface area contributed by atoms with E-state index >= 15 is 0 Å². The third-order valence-electron chi connectivity index (χ3n) is 2.25. The van der Waals surface area contributed by atoms with Crippen LogP contribution in [0, 0.1) is 0 Å². The molecule has 0 saturated heterocycles. The molecule has 1 aromatic carbocycles. The summed E-state index contributed by atoms with van der Waals surface area (Å²) in [5.41, 5.74) is 1.08. The average Bonchev–Trinajstić information content (AvgIpc) is 2.26. The second-order valence-corrected chi connectivity index (χ2v) is 3.96. The predicted molar refractivity (Wildman–Crippen MR) is 65.6 cm³/mol. The molecule has 1 rings (SSSR count). The first-order chi connectivity index (χ1) is 7.22. The summed E-state index contributed by atoms with van der Waals surface area (Å²) in [6.07, 6.45) is 1.40. The molecule has 0 aromatic heterocycles. The van der Waals surface area contributed by atoms with Gasteiger partial charge in [0.2, 0.25) is 0 Å². The molecule has 0 aliphatic rings. The summed E-state index contributed by atoms with van der Waals surface area (Å²) in [6, 6.07) is 7.68. The van der Waals surface area contributed by atoms with Crippen LogP contribution in [0.1, 0.15) is 20.3 Å². The van der Waals surface area contributed by atoms with E-state index < -0.39 is 0 Å². The van der Waals surface area contributed by atoms with Crippen molar-refractivity contribution in [1.82, 2.24) is 0 Å². The fourth-order valence-corrected chi connectivity index (χ4v) is 1.27. The van der Waals surface area contributed by atoms with Crippen LogP contribution in [0.2, 0.25) is 5.02 Å². The number of hydrogen-bond acceptors (Lipinski definition) is 2. The van der Waals surface area contributed by atoms with E-state index in [-0.39, 0.29) is 0 Å². The molecule has 1 aromatic rings. The summed E-state index contributed by atoms with van der Waals surface area (Å²) in [4.78, 5) is 0. The Labute approximate surface area is 96.6 Å². The van der Waals surface area contributed by atoms with Gasteiger partial charge in [0.1, 0.15) is 0 Å². The Bertz CT molecular complexity index is 273. The van der Waals surface area contributed by atoms with Crippen molar-refractivity contribution >= 4 is 17.3 Å². The van der Waals surface area contributed by atoms with E-state index in [2.05, 4.69) is 19.2 Å². The highest BCUT2D eigenvalue weighted by molar-refractivity contribution is 6.30. The number of hydrogen-bond donors (Lipinski definition) is 1. The summed E-state index contributed by atoms with van der Waals surface area (Å²) in [5.74, 6) is 0. The molecule has 0 amide bonds. The minimum atomic E-state index is 0.344. The van der Waals surface area contributed by atoms with Crippen LogP contribution in [0.15, 0.2) is 24.3 Å². The first kappa shape index (κ1) is 12.3. The van der Waals surface area contributed by atoms with Gasteiger partial charge in [-0.05, 0) is 37.6 Å². The lowest BCUT2D eigenvalue weighted by molar-refractivity contribution is 0.0713. The van der Waals surface area contributed by atoms with Gasteiger partial charge in [-0.15, -0.1) is 0 Å². The Hall–Kier alpha value is -0.730. The molecule has 84 valence electrons. The number of anilines is 1.